The van der Waals surface area contributed by atoms with Gasteiger partial charge in [0, 0.05) is 23.1 Å². The van der Waals surface area contributed by atoms with Crippen molar-refractivity contribution < 1.29 is 13.9 Å². The van der Waals surface area contributed by atoms with Crippen LogP contribution < -0.4 is 0 Å². The summed E-state index contributed by atoms with van der Waals surface area (Å²) in [4.78, 5) is 20.1. The molecule has 2 heterocycles. The summed E-state index contributed by atoms with van der Waals surface area (Å²) in [5.41, 5.74) is 2.14. The molecule has 1 aliphatic rings. The van der Waals surface area contributed by atoms with Gasteiger partial charge in [-0.1, -0.05) is 12.1 Å². The quantitative estimate of drug-likeness (QED) is 0.644. The molecule has 0 N–H and O–H groups in total. The molecule has 2 aromatic rings. The summed E-state index contributed by atoms with van der Waals surface area (Å²) in [5.74, 6) is -0.166. The first-order valence-electron chi connectivity index (χ1n) is 6.27. The molecular formula is C15H11FN2O2S. The number of hydrogen-bond donors (Lipinski definition) is 0. The maximum atomic E-state index is 12.8. The molecule has 0 atom stereocenters. The van der Waals surface area contributed by atoms with E-state index in [1.807, 2.05) is 0 Å². The molecule has 0 unspecified atom stereocenters. The SMILES string of the molecule is O=C(OCc1ccc(F)cc1)C1=Cc2cncnc2SC1. The van der Waals surface area contributed by atoms with E-state index in [1.165, 1.54) is 30.2 Å². The number of thioether (sulfide) groups is 1. The number of benzene rings is 1. The Balaban J connectivity index is 1.66. The van der Waals surface area contributed by atoms with E-state index in [4.69, 9.17) is 4.74 Å². The molecule has 0 spiro atoms. The average molecular weight is 302 g/mol. The van der Waals surface area contributed by atoms with Crippen LogP contribution in [0.2, 0.25) is 0 Å². The van der Waals surface area contributed by atoms with E-state index in [2.05, 4.69) is 9.97 Å². The van der Waals surface area contributed by atoms with Crippen molar-refractivity contribution in [2.75, 3.05) is 5.75 Å². The lowest BCUT2D eigenvalue weighted by Gasteiger charge is -2.13. The first kappa shape index (κ1) is 13.8. The summed E-state index contributed by atoms with van der Waals surface area (Å²) in [5, 5.41) is 0.861. The third-order valence-electron chi connectivity index (χ3n) is 2.94. The van der Waals surface area contributed by atoms with Gasteiger partial charge in [-0.3, -0.25) is 0 Å². The molecule has 1 aromatic heterocycles. The van der Waals surface area contributed by atoms with Gasteiger partial charge in [0.1, 0.15) is 23.8 Å². The molecule has 0 fully saturated rings. The third kappa shape index (κ3) is 3.28. The second-order valence-corrected chi connectivity index (χ2v) is 5.41. The highest BCUT2D eigenvalue weighted by atomic mass is 32.2. The normalized spacial score (nSPS) is 13.3. The van der Waals surface area contributed by atoms with Crippen LogP contribution in [0, 0.1) is 5.82 Å². The molecule has 0 saturated carbocycles. The molecule has 0 bridgehead atoms. The summed E-state index contributed by atoms with van der Waals surface area (Å²) in [7, 11) is 0. The number of carbonyl (C=O) groups is 1. The van der Waals surface area contributed by atoms with Crippen LogP contribution in [0.25, 0.3) is 6.08 Å². The van der Waals surface area contributed by atoms with Crippen molar-refractivity contribution in [3.8, 4) is 0 Å². The number of carbonyl (C=O) groups excluding carboxylic acids is 1. The Labute approximate surface area is 125 Å². The Morgan fingerprint density at radius 2 is 2.14 bits per heavy atom. The Kier molecular flexibility index (Phi) is 3.96. The largest absolute Gasteiger partial charge is 0.457 e. The smallest absolute Gasteiger partial charge is 0.335 e. The predicted molar refractivity (Wildman–Crippen MR) is 76.9 cm³/mol. The summed E-state index contributed by atoms with van der Waals surface area (Å²) in [6.45, 7) is 0.124. The number of rotatable bonds is 3. The maximum absolute atomic E-state index is 12.8. The van der Waals surface area contributed by atoms with E-state index in [1.54, 1.807) is 24.4 Å². The number of aromatic nitrogens is 2. The molecule has 1 aliphatic heterocycles. The number of halogens is 1. The lowest BCUT2D eigenvalue weighted by atomic mass is 10.2. The number of esters is 1. The van der Waals surface area contributed by atoms with Crippen LogP contribution in [-0.4, -0.2) is 21.7 Å². The van der Waals surface area contributed by atoms with Gasteiger partial charge in [-0.25, -0.2) is 19.2 Å². The maximum Gasteiger partial charge on any atom is 0.335 e. The molecule has 3 rings (SSSR count). The number of ether oxygens (including phenoxy) is 1. The minimum absolute atomic E-state index is 0.124. The fourth-order valence-corrected chi connectivity index (χ4v) is 2.76. The van der Waals surface area contributed by atoms with E-state index in [-0.39, 0.29) is 18.4 Å². The lowest BCUT2D eigenvalue weighted by Crippen LogP contribution is -2.12. The van der Waals surface area contributed by atoms with Crippen LogP contribution in [0.5, 0.6) is 0 Å². The summed E-state index contributed by atoms with van der Waals surface area (Å²) in [6.07, 6.45) is 4.90. The van der Waals surface area contributed by atoms with Crippen molar-refractivity contribution in [3.05, 3.63) is 59.3 Å². The van der Waals surface area contributed by atoms with Gasteiger partial charge in [0.2, 0.25) is 0 Å². The molecule has 0 saturated heterocycles. The van der Waals surface area contributed by atoms with Crippen molar-refractivity contribution in [1.29, 1.82) is 0 Å². The second kappa shape index (κ2) is 6.05. The Morgan fingerprint density at radius 3 is 2.95 bits per heavy atom. The van der Waals surface area contributed by atoms with Crippen molar-refractivity contribution in [1.82, 2.24) is 9.97 Å². The zero-order valence-electron chi connectivity index (χ0n) is 11.0. The molecule has 21 heavy (non-hydrogen) atoms. The molecule has 0 amide bonds. The van der Waals surface area contributed by atoms with Crippen LogP contribution in [0.1, 0.15) is 11.1 Å². The fourth-order valence-electron chi connectivity index (χ4n) is 1.86. The van der Waals surface area contributed by atoms with Gasteiger partial charge in [-0.15, -0.1) is 11.8 Å². The van der Waals surface area contributed by atoms with Gasteiger partial charge in [0.25, 0.3) is 0 Å². The zero-order valence-corrected chi connectivity index (χ0v) is 11.8. The molecule has 0 aliphatic carbocycles. The summed E-state index contributed by atoms with van der Waals surface area (Å²) < 4.78 is 18.0. The standard InChI is InChI=1S/C15H11FN2O2S/c16-13-3-1-10(2-4-13)7-20-15(19)12-5-11-6-17-9-18-14(11)21-8-12/h1-6,9H,7-8H2. The monoisotopic (exact) mass is 302 g/mol. The minimum Gasteiger partial charge on any atom is -0.457 e. The van der Waals surface area contributed by atoms with Crippen LogP contribution in [0.3, 0.4) is 0 Å². The van der Waals surface area contributed by atoms with Crippen molar-refractivity contribution >= 4 is 23.8 Å². The lowest BCUT2D eigenvalue weighted by molar-refractivity contribution is -0.140. The van der Waals surface area contributed by atoms with Gasteiger partial charge in [0.05, 0.1) is 0 Å². The van der Waals surface area contributed by atoms with Crippen molar-refractivity contribution in [2.45, 2.75) is 11.6 Å². The van der Waals surface area contributed by atoms with Crippen LogP contribution in [-0.2, 0) is 16.1 Å². The Bertz CT molecular complexity index is 701. The van der Waals surface area contributed by atoms with Crippen molar-refractivity contribution in [3.63, 3.8) is 0 Å². The van der Waals surface area contributed by atoms with E-state index in [0.29, 0.717) is 11.3 Å². The second-order valence-electron chi connectivity index (χ2n) is 4.44. The van der Waals surface area contributed by atoms with Gasteiger partial charge in [0.15, 0.2) is 0 Å². The Morgan fingerprint density at radius 1 is 1.33 bits per heavy atom. The molecule has 6 heteroatoms. The minimum atomic E-state index is -0.374. The van der Waals surface area contributed by atoms with Crippen LogP contribution in [0.15, 0.2) is 47.4 Å². The number of hydrogen-bond acceptors (Lipinski definition) is 5. The van der Waals surface area contributed by atoms with Crippen LogP contribution >= 0.6 is 11.8 Å². The van der Waals surface area contributed by atoms with Gasteiger partial charge in [-0.05, 0) is 23.8 Å². The van der Waals surface area contributed by atoms with Crippen LogP contribution in [0.4, 0.5) is 4.39 Å². The average Bonchev–Trinajstić information content (AvgIpc) is 2.53. The fraction of sp³-hybridized carbons (Fsp3) is 0.133. The first-order chi connectivity index (χ1) is 10.2. The molecule has 4 nitrogen and oxygen atoms in total. The topological polar surface area (TPSA) is 52.1 Å². The van der Waals surface area contributed by atoms with E-state index in [9.17, 15) is 9.18 Å². The summed E-state index contributed by atoms with van der Waals surface area (Å²) in [6, 6.07) is 5.87. The van der Waals surface area contributed by atoms with Crippen molar-refractivity contribution in [2.24, 2.45) is 0 Å². The van der Waals surface area contributed by atoms with Gasteiger partial charge in [-0.2, -0.15) is 0 Å². The van der Waals surface area contributed by atoms with E-state index >= 15 is 0 Å². The van der Waals surface area contributed by atoms with E-state index < -0.39 is 0 Å². The zero-order chi connectivity index (χ0) is 14.7. The molecule has 1 aromatic carbocycles. The number of fused-ring (bicyclic) bond motifs is 1. The Hall–Kier alpha value is -2.21. The predicted octanol–water partition coefficient (Wildman–Crippen LogP) is 2.85. The van der Waals surface area contributed by atoms with Gasteiger partial charge >= 0.3 is 5.97 Å². The first-order valence-corrected chi connectivity index (χ1v) is 7.26. The summed E-state index contributed by atoms with van der Waals surface area (Å²) >= 11 is 1.48. The van der Waals surface area contributed by atoms with E-state index in [0.717, 1.165) is 16.2 Å². The highest BCUT2D eigenvalue weighted by Gasteiger charge is 2.18. The molecule has 106 valence electrons. The molecule has 0 radical (unpaired) electrons. The number of nitrogens with zero attached hydrogens (tertiary/aromatic N) is 2. The highest BCUT2D eigenvalue weighted by Crippen LogP contribution is 2.29. The third-order valence-corrected chi connectivity index (χ3v) is 4.01. The van der Waals surface area contributed by atoms with Gasteiger partial charge < -0.3 is 4.74 Å². The molecular weight excluding hydrogens is 291 g/mol. The highest BCUT2D eigenvalue weighted by molar-refractivity contribution is 7.99.